The number of halogens is 2. The zero-order valence-electron chi connectivity index (χ0n) is 7.21. The molecule has 0 bridgehead atoms. The molecule has 76 valence electrons. The zero-order chi connectivity index (χ0) is 10.6. The number of rotatable bonds is 3. The van der Waals surface area contributed by atoms with Crippen molar-refractivity contribution in [3.63, 3.8) is 0 Å². The fourth-order valence-electron chi connectivity index (χ4n) is 0.653. The van der Waals surface area contributed by atoms with Crippen LogP contribution in [0.2, 0.25) is 10.6 Å². The van der Waals surface area contributed by atoms with E-state index >= 15 is 0 Å². The Morgan fingerprint density at radius 3 is 2.36 bits per heavy atom. The molecular formula is C6H7Cl2N5O. The van der Waals surface area contributed by atoms with Gasteiger partial charge >= 0.3 is 0 Å². The van der Waals surface area contributed by atoms with Crippen LogP contribution in [-0.2, 0) is 4.79 Å². The van der Waals surface area contributed by atoms with Crippen LogP contribution >= 0.6 is 23.2 Å². The Kier molecular flexibility index (Phi) is 3.84. The summed E-state index contributed by atoms with van der Waals surface area (Å²) in [6.07, 6.45) is 0. The molecule has 1 heterocycles. The first-order chi connectivity index (χ1) is 6.61. The van der Waals surface area contributed by atoms with Crippen LogP contribution in [0.4, 0.5) is 5.95 Å². The number of amides is 1. The van der Waals surface area contributed by atoms with Gasteiger partial charge in [0.2, 0.25) is 22.4 Å². The number of carbonyl (C=O) groups excluding carboxylic acids is 1. The quantitative estimate of drug-likeness (QED) is 0.790. The molecule has 0 spiro atoms. The summed E-state index contributed by atoms with van der Waals surface area (Å²) < 4.78 is 0. The summed E-state index contributed by atoms with van der Waals surface area (Å²) in [7, 11) is 1.53. The number of anilines is 1. The molecule has 0 saturated carbocycles. The normalized spacial score (nSPS) is 9.64. The molecule has 1 rings (SSSR count). The molecule has 0 aliphatic heterocycles. The van der Waals surface area contributed by atoms with E-state index < -0.39 is 0 Å². The van der Waals surface area contributed by atoms with Gasteiger partial charge in [0.1, 0.15) is 0 Å². The molecule has 6 nitrogen and oxygen atoms in total. The largest absolute Gasteiger partial charge is 0.358 e. The first-order valence-electron chi connectivity index (χ1n) is 3.63. The third-order valence-electron chi connectivity index (χ3n) is 1.27. The van der Waals surface area contributed by atoms with Crippen molar-refractivity contribution in [2.24, 2.45) is 0 Å². The highest BCUT2D eigenvalue weighted by molar-refractivity contribution is 6.31. The lowest BCUT2D eigenvalue weighted by atomic mass is 10.6. The zero-order valence-corrected chi connectivity index (χ0v) is 8.72. The molecule has 0 aliphatic rings. The van der Waals surface area contributed by atoms with Crippen LogP contribution in [-0.4, -0.2) is 34.5 Å². The average Bonchev–Trinajstić information content (AvgIpc) is 2.12. The minimum absolute atomic E-state index is 0.0237. The maximum absolute atomic E-state index is 10.8. The molecule has 1 aromatic rings. The number of nitrogens with one attached hydrogen (secondary N) is 2. The smallest absolute Gasteiger partial charge is 0.239 e. The van der Waals surface area contributed by atoms with Gasteiger partial charge in [0, 0.05) is 7.05 Å². The molecule has 1 aromatic heterocycles. The highest BCUT2D eigenvalue weighted by Gasteiger charge is 2.03. The highest BCUT2D eigenvalue weighted by Crippen LogP contribution is 2.08. The van der Waals surface area contributed by atoms with Gasteiger partial charge in [-0.1, -0.05) is 0 Å². The van der Waals surface area contributed by atoms with E-state index in [1.165, 1.54) is 7.05 Å². The Balaban J connectivity index is 2.63. The van der Waals surface area contributed by atoms with Crippen molar-refractivity contribution in [2.75, 3.05) is 18.9 Å². The SMILES string of the molecule is CNC(=O)CNc1nc(Cl)nc(Cl)n1. The number of hydrogen-bond donors (Lipinski definition) is 2. The minimum atomic E-state index is -0.197. The van der Waals surface area contributed by atoms with E-state index in [0.717, 1.165) is 0 Å². The summed E-state index contributed by atoms with van der Waals surface area (Å²) in [5.74, 6) is -0.0312. The third kappa shape index (κ3) is 3.31. The summed E-state index contributed by atoms with van der Waals surface area (Å²) in [6, 6.07) is 0. The average molecular weight is 236 g/mol. The first kappa shape index (κ1) is 10.9. The molecule has 0 atom stereocenters. The van der Waals surface area contributed by atoms with Crippen LogP contribution in [0.1, 0.15) is 0 Å². The number of hydrogen-bond acceptors (Lipinski definition) is 5. The van der Waals surface area contributed by atoms with Crippen LogP contribution in [0.3, 0.4) is 0 Å². The summed E-state index contributed by atoms with van der Waals surface area (Å²) >= 11 is 11.0. The van der Waals surface area contributed by atoms with Crippen molar-refractivity contribution in [3.8, 4) is 0 Å². The van der Waals surface area contributed by atoms with E-state index in [9.17, 15) is 4.79 Å². The summed E-state index contributed by atoms with van der Waals surface area (Å²) in [5, 5.41) is 5.01. The Morgan fingerprint density at radius 2 is 1.86 bits per heavy atom. The molecule has 8 heteroatoms. The number of nitrogens with zero attached hydrogens (tertiary/aromatic N) is 3. The number of carbonyl (C=O) groups is 1. The van der Waals surface area contributed by atoms with E-state index in [1.54, 1.807) is 0 Å². The lowest BCUT2D eigenvalue weighted by Gasteiger charge is -2.03. The standard InChI is InChI=1S/C6H7Cl2N5O/c1-9-3(14)2-10-6-12-4(7)11-5(8)13-6/h2H2,1H3,(H,9,14)(H,10,11,12,13). The van der Waals surface area contributed by atoms with Crippen molar-refractivity contribution >= 4 is 35.1 Å². The Labute approximate surface area is 90.1 Å². The highest BCUT2D eigenvalue weighted by atomic mass is 35.5. The molecule has 0 aromatic carbocycles. The maximum Gasteiger partial charge on any atom is 0.239 e. The Hall–Kier alpha value is -1.14. The van der Waals surface area contributed by atoms with Crippen LogP contribution < -0.4 is 10.6 Å². The fourth-order valence-corrected chi connectivity index (χ4v) is 1.02. The second kappa shape index (κ2) is 4.92. The van der Waals surface area contributed by atoms with Gasteiger partial charge in [0.15, 0.2) is 0 Å². The summed E-state index contributed by atoms with van der Waals surface area (Å²) in [5.41, 5.74) is 0. The number of aromatic nitrogens is 3. The van der Waals surface area contributed by atoms with Crippen LogP contribution in [0.25, 0.3) is 0 Å². The van der Waals surface area contributed by atoms with Gasteiger partial charge in [-0.3, -0.25) is 4.79 Å². The van der Waals surface area contributed by atoms with Crippen LogP contribution in [0.15, 0.2) is 0 Å². The van der Waals surface area contributed by atoms with E-state index in [2.05, 4.69) is 25.6 Å². The fraction of sp³-hybridized carbons (Fsp3) is 0.333. The number of likely N-dealkylation sites (N-methyl/N-ethyl adjacent to an activating group) is 1. The van der Waals surface area contributed by atoms with E-state index in [-0.39, 0.29) is 29.0 Å². The molecule has 2 N–H and O–H groups in total. The van der Waals surface area contributed by atoms with Crippen molar-refractivity contribution in [1.29, 1.82) is 0 Å². The Morgan fingerprint density at radius 1 is 1.29 bits per heavy atom. The van der Waals surface area contributed by atoms with Crippen molar-refractivity contribution in [3.05, 3.63) is 10.6 Å². The van der Waals surface area contributed by atoms with E-state index in [1.807, 2.05) is 0 Å². The van der Waals surface area contributed by atoms with Gasteiger partial charge in [0.25, 0.3) is 0 Å². The van der Waals surface area contributed by atoms with Crippen LogP contribution in [0.5, 0.6) is 0 Å². The summed E-state index contributed by atoms with van der Waals surface area (Å²) in [6.45, 7) is 0.0488. The van der Waals surface area contributed by atoms with Gasteiger partial charge in [0.05, 0.1) is 6.54 Å². The molecule has 1 amide bonds. The van der Waals surface area contributed by atoms with Gasteiger partial charge in [-0.25, -0.2) is 0 Å². The summed E-state index contributed by atoms with van der Waals surface area (Å²) in [4.78, 5) is 21.8. The Bertz CT molecular complexity index is 325. The molecule has 14 heavy (non-hydrogen) atoms. The predicted octanol–water partition coefficient (Wildman–Crippen LogP) is 0.336. The molecule has 0 aliphatic carbocycles. The molecular weight excluding hydrogens is 229 g/mol. The van der Waals surface area contributed by atoms with Gasteiger partial charge in [-0.2, -0.15) is 15.0 Å². The second-order valence-corrected chi connectivity index (χ2v) is 2.90. The van der Waals surface area contributed by atoms with Gasteiger partial charge < -0.3 is 10.6 Å². The van der Waals surface area contributed by atoms with Crippen LogP contribution in [0, 0.1) is 0 Å². The van der Waals surface area contributed by atoms with Crippen molar-refractivity contribution in [1.82, 2.24) is 20.3 Å². The third-order valence-corrected chi connectivity index (χ3v) is 1.60. The second-order valence-electron chi connectivity index (χ2n) is 2.22. The van der Waals surface area contributed by atoms with E-state index in [0.29, 0.717) is 0 Å². The topological polar surface area (TPSA) is 79.8 Å². The molecule has 0 saturated heterocycles. The van der Waals surface area contributed by atoms with Crippen molar-refractivity contribution in [2.45, 2.75) is 0 Å². The van der Waals surface area contributed by atoms with Crippen molar-refractivity contribution < 1.29 is 4.79 Å². The van der Waals surface area contributed by atoms with Gasteiger partial charge in [-0.05, 0) is 23.2 Å². The molecule has 0 unspecified atom stereocenters. The lowest BCUT2D eigenvalue weighted by Crippen LogP contribution is -2.26. The molecule has 0 radical (unpaired) electrons. The lowest BCUT2D eigenvalue weighted by molar-refractivity contribution is -0.118. The monoisotopic (exact) mass is 235 g/mol. The maximum atomic E-state index is 10.8. The predicted molar refractivity (Wildman–Crippen MR) is 52.4 cm³/mol. The minimum Gasteiger partial charge on any atom is -0.358 e. The van der Waals surface area contributed by atoms with Gasteiger partial charge in [-0.15, -0.1) is 0 Å². The van der Waals surface area contributed by atoms with E-state index in [4.69, 9.17) is 23.2 Å². The molecule has 0 fully saturated rings. The first-order valence-corrected chi connectivity index (χ1v) is 4.39.